The molecule has 0 bridgehead atoms. The van der Waals surface area contributed by atoms with Gasteiger partial charge in [0, 0.05) is 19.1 Å². The number of methoxy groups -OCH3 is 1. The number of benzene rings is 1. The molecule has 3 N–H and O–H groups in total. The van der Waals surface area contributed by atoms with Crippen LogP contribution in [0.2, 0.25) is 0 Å². The highest BCUT2D eigenvalue weighted by molar-refractivity contribution is 7.89. The van der Waals surface area contributed by atoms with Crippen LogP contribution in [-0.4, -0.2) is 52.3 Å². The molecule has 0 atom stereocenters. The number of sulfonamides is 1. The Bertz CT molecular complexity index is 839. The zero-order valence-electron chi connectivity index (χ0n) is 16.5. The minimum atomic E-state index is -4.04. The predicted molar refractivity (Wildman–Crippen MR) is 104 cm³/mol. The fourth-order valence-corrected chi connectivity index (χ4v) is 3.77. The Morgan fingerprint density at radius 2 is 1.82 bits per heavy atom. The number of hydrogen-bond acceptors (Lipinski definition) is 7. The Balaban J connectivity index is 2.11. The molecule has 1 aliphatic heterocycles. The van der Waals surface area contributed by atoms with E-state index in [4.69, 9.17) is 9.88 Å². The maximum absolute atomic E-state index is 12.0. The molecule has 0 radical (unpaired) electrons. The average Bonchev–Trinajstić information content (AvgIpc) is 2.59. The van der Waals surface area contributed by atoms with Gasteiger partial charge in [0.25, 0.3) is 0 Å². The summed E-state index contributed by atoms with van der Waals surface area (Å²) in [5, 5.41) is 8.18. The highest BCUT2D eigenvalue weighted by atomic mass is 32.2. The van der Waals surface area contributed by atoms with Crippen molar-refractivity contribution < 1.29 is 27.5 Å². The monoisotopic (exact) mass is 413 g/mol. The van der Waals surface area contributed by atoms with Crippen molar-refractivity contribution >= 4 is 27.8 Å². The summed E-state index contributed by atoms with van der Waals surface area (Å²) in [7, 11) is -2.82. The third kappa shape index (κ3) is 5.83. The topological polar surface area (TPSA) is 128 Å². The third-order valence-electron chi connectivity index (χ3n) is 4.24. The molecule has 1 saturated heterocycles. The van der Waals surface area contributed by atoms with E-state index in [1.165, 1.54) is 19.2 Å². The van der Waals surface area contributed by atoms with E-state index in [0.29, 0.717) is 31.6 Å². The number of rotatable bonds is 4. The van der Waals surface area contributed by atoms with Crippen molar-refractivity contribution in [2.75, 3.05) is 25.1 Å². The largest absolute Gasteiger partial charge is 0.465 e. The first-order valence-corrected chi connectivity index (χ1v) is 10.4. The fourth-order valence-electron chi connectivity index (χ4n) is 2.99. The lowest BCUT2D eigenvalue weighted by molar-refractivity contribution is 0.0496. The lowest BCUT2D eigenvalue weighted by Gasteiger charge is -2.35. The second-order valence-corrected chi connectivity index (χ2v) is 9.16. The number of nitrogens with two attached hydrogens (primary N) is 1. The van der Waals surface area contributed by atoms with E-state index < -0.39 is 27.7 Å². The van der Waals surface area contributed by atoms with Crippen LogP contribution in [0.1, 0.15) is 44.0 Å². The molecule has 28 heavy (non-hydrogen) atoms. The number of carbonyl (C=O) groups excluding carboxylic acids is 2. The quantitative estimate of drug-likeness (QED) is 0.718. The molecule has 0 aromatic heterocycles. The molecule has 1 fully saturated rings. The zero-order chi connectivity index (χ0) is 21.1. The smallest absolute Gasteiger partial charge is 0.407 e. The van der Waals surface area contributed by atoms with Gasteiger partial charge in [-0.25, -0.2) is 23.1 Å². The number of nitrogens with zero attached hydrogens (tertiary/aromatic N) is 1. The predicted octanol–water partition coefficient (Wildman–Crippen LogP) is 1.61. The first-order valence-electron chi connectivity index (χ1n) is 8.90. The van der Waals surface area contributed by atoms with Gasteiger partial charge in [0.05, 0.1) is 18.4 Å². The van der Waals surface area contributed by atoms with E-state index in [1.807, 2.05) is 4.90 Å². The first kappa shape index (κ1) is 22.0. The van der Waals surface area contributed by atoms with Crippen LogP contribution in [0, 0.1) is 0 Å². The van der Waals surface area contributed by atoms with E-state index in [2.05, 4.69) is 10.1 Å². The van der Waals surface area contributed by atoms with Gasteiger partial charge in [-0.3, -0.25) is 0 Å². The number of amides is 1. The molecule has 0 saturated carbocycles. The van der Waals surface area contributed by atoms with Crippen molar-refractivity contribution in [1.29, 1.82) is 0 Å². The molecule has 1 aromatic carbocycles. The van der Waals surface area contributed by atoms with Gasteiger partial charge in [-0.1, -0.05) is 0 Å². The number of ether oxygens (including phenoxy) is 2. The van der Waals surface area contributed by atoms with Gasteiger partial charge >= 0.3 is 12.1 Å². The van der Waals surface area contributed by atoms with Crippen molar-refractivity contribution in [3.8, 4) is 0 Å². The summed E-state index contributed by atoms with van der Waals surface area (Å²) in [6, 6.07) is 4.20. The summed E-state index contributed by atoms with van der Waals surface area (Å²) in [6.07, 6.45) is 0.753. The summed E-state index contributed by atoms with van der Waals surface area (Å²) in [5.41, 5.74) is -0.0427. The van der Waals surface area contributed by atoms with Gasteiger partial charge < -0.3 is 19.7 Å². The van der Waals surface area contributed by atoms with E-state index in [1.54, 1.807) is 26.8 Å². The van der Waals surface area contributed by atoms with Gasteiger partial charge in [0.1, 0.15) is 10.5 Å². The van der Waals surface area contributed by atoms with Crippen LogP contribution in [0.4, 0.5) is 10.5 Å². The fraction of sp³-hybridized carbons (Fsp3) is 0.556. The third-order valence-corrected chi connectivity index (χ3v) is 5.18. The Hall–Kier alpha value is -2.33. The summed E-state index contributed by atoms with van der Waals surface area (Å²) < 4.78 is 33.9. The molecule has 0 unspecified atom stereocenters. The van der Waals surface area contributed by atoms with Crippen LogP contribution in [0.25, 0.3) is 0 Å². The molecule has 1 amide bonds. The van der Waals surface area contributed by atoms with Gasteiger partial charge in [0.2, 0.25) is 10.0 Å². The van der Waals surface area contributed by atoms with Crippen LogP contribution < -0.4 is 15.4 Å². The van der Waals surface area contributed by atoms with E-state index in [9.17, 15) is 18.0 Å². The molecule has 1 aromatic rings. The standard InChI is InChI=1S/C18H27N3O6S/c1-18(2,3)27-17(23)20-13-7-9-21(10-8-13)14-6-5-12(16(22)26-4)11-15(14)28(19,24)25/h5-6,11,13H,7-10H2,1-4H3,(H,20,23)(H2,19,24,25). The van der Waals surface area contributed by atoms with Gasteiger partial charge in [-0.2, -0.15) is 0 Å². The molecule has 9 nitrogen and oxygen atoms in total. The average molecular weight is 413 g/mol. The molecule has 1 heterocycles. The molecular weight excluding hydrogens is 386 g/mol. The van der Waals surface area contributed by atoms with Crippen molar-refractivity contribution in [2.24, 2.45) is 5.14 Å². The molecular formula is C18H27N3O6S. The molecule has 2 rings (SSSR count). The number of esters is 1. The number of hydrogen-bond donors (Lipinski definition) is 2. The first-order chi connectivity index (χ1) is 12.9. The van der Waals surface area contributed by atoms with Crippen LogP contribution in [0.3, 0.4) is 0 Å². The normalized spacial score (nSPS) is 15.8. The van der Waals surface area contributed by atoms with Crippen molar-refractivity contribution in [3.63, 3.8) is 0 Å². The van der Waals surface area contributed by atoms with Crippen LogP contribution in [0.15, 0.2) is 23.1 Å². The number of anilines is 1. The summed E-state index contributed by atoms with van der Waals surface area (Å²) in [4.78, 5) is 25.3. The summed E-state index contributed by atoms with van der Waals surface area (Å²) in [5.74, 6) is -0.642. The van der Waals surface area contributed by atoms with Gasteiger partial charge in [-0.05, 0) is 51.8 Å². The Kier molecular flexibility index (Phi) is 6.56. The Morgan fingerprint density at radius 3 is 2.32 bits per heavy atom. The Morgan fingerprint density at radius 1 is 1.21 bits per heavy atom. The minimum Gasteiger partial charge on any atom is -0.465 e. The zero-order valence-corrected chi connectivity index (χ0v) is 17.3. The highest BCUT2D eigenvalue weighted by Gasteiger charge is 2.27. The number of nitrogens with one attached hydrogen (secondary N) is 1. The lowest BCUT2D eigenvalue weighted by atomic mass is 10.0. The van der Waals surface area contributed by atoms with Gasteiger partial charge in [-0.15, -0.1) is 0 Å². The Labute approximate surface area is 165 Å². The van der Waals surface area contributed by atoms with Crippen LogP contribution in [0.5, 0.6) is 0 Å². The van der Waals surface area contributed by atoms with Crippen molar-refractivity contribution in [1.82, 2.24) is 5.32 Å². The van der Waals surface area contributed by atoms with Gasteiger partial charge in [0.15, 0.2) is 0 Å². The number of piperidine rings is 1. The summed E-state index contributed by atoms with van der Waals surface area (Å²) >= 11 is 0. The van der Waals surface area contributed by atoms with E-state index >= 15 is 0 Å². The molecule has 156 valence electrons. The minimum absolute atomic E-state index is 0.0709. The lowest BCUT2D eigenvalue weighted by Crippen LogP contribution is -2.46. The van der Waals surface area contributed by atoms with Crippen molar-refractivity contribution in [3.05, 3.63) is 23.8 Å². The maximum Gasteiger partial charge on any atom is 0.407 e. The molecule has 0 spiro atoms. The number of alkyl carbamates (subject to hydrolysis) is 1. The molecule has 0 aliphatic carbocycles. The van der Waals surface area contributed by atoms with Crippen LogP contribution >= 0.6 is 0 Å². The summed E-state index contributed by atoms with van der Waals surface area (Å²) in [6.45, 7) is 6.41. The maximum atomic E-state index is 12.0. The highest BCUT2D eigenvalue weighted by Crippen LogP contribution is 2.28. The SMILES string of the molecule is COC(=O)c1ccc(N2CCC(NC(=O)OC(C)(C)C)CC2)c(S(N)(=O)=O)c1. The molecule has 10 heteroatoms. The number of carbonyl (C=O) groups is 2. The van der Waals surface area contributed by atoms with Crippen molar-refractivity contribution in [2.45, 2.75) is 50.2 Å². The number of primary sulfonamides is 1. The molecule has 1 aliphatic rings. The van der Waals surface area contributed by atoms with E-state index in [0.717, 1.165) is 0 Å². The second-order valence-electron chi connectivity index (χ2n) is 7.63. The van der Waals surface area contributed by atoms with Crippen LogP contribution in [-0.2, 0) is 19.5 Å². The van der Waals surface area contributed by atoms with E-state index in [-0.39, 0.29) is 16.5 Å². The second kappa shape index (κ2) is 8.36.